The topological polar surface area (TPSA) is 56.5 Å². The van der Waals surface area contributed by atoms with E-state index in [2.05, 4.69) is 12.3 Å². The minimum Gasteiger partial charge on any atom is -0.354 e. The van der Waals surface area contributed by atoms with Crippen molar-refractivity contribution in [3.05, 3.63) is 0 Å². The molecule has 0 rings (SSSR count). The highest BCUT2D eigenvalue weighted by Crippen LogP contribution is 2.11. The Morgan fingerprint density at radius 1 is 1.00 bits per heavy atom. The third-order valence-electron chi connectivity index (χ3n) is 2.88. The summed E-state index contributed by atoms with van der Waals surface area (Å²) in [6, 6.07) is 0.0844. The third-order valence-corrected chi connectivity index (χ3v) is 2.88. The van der Waals surface area contributed by atoms with Gasteiger partial charge in [0.1, 0.15) is 0 Å². The summed E-state index contributed by atoms with van der Waals surface area (Å²) in [6.45, 7) is 2.23. The summed E-state index contributed by atoms with van der Waals surface area (Å²) in [5.74, 6) is 5.48. The first-order valence-electron chi connectivity index (χ1n) is 6.31. The second-order valence-electron chi connectivity index (χ2n) is 4.17. The van der Waals surface area contributed by atoms with Crippen LogP contribution in [0.2, 0.25) is 0 Å². The summed E-state index contributed by atoms with van der Waals surface area (Å²) in [5.41, 5.74) is 2.76. The number of nitrogens with one attached hydrogen (secondary N) is 1. The molecular formula is C12H28N2O2. The lowest BCUT2D eigenvalue weighted by Gasteiger charge is -2.23. The van der Waals surface area contributed by atoms with Crippen molar-refractivity contribution in [1.82, 2.24) is 5.43 Å². The Morgan fingerprint density at radius 2 is 1.56 bits per heavy atom. The van der Waals surface area contributed by atoms with Crippen molar-refractivity contribution in [2.75, 3.05) is 14.2 Å². The third kappa shape index (κ3) is 7.17. The molecule has 0 aliphatic heterocycles. The molecule has 0 radical (unpaired) electrons. The van der Waals surface area contributed by atoms with Crippen LogP contribution in [0.4, 0.5) is 0 Å². The monoisotopic (exact) mass is 232 g/mol. The maximum Gasteiger partial charge on any atom is 0.173 e. The van der Waals surface area contributed by atoms with E-state index >= 15 is 0 Å². The van der Waals surface area contributed by atoms with Crippen LogP contribution in [0.3, 0.4) is 0 Å². The van der Waals surface area contributed by atoms with E-state index in [1.165, 1.54) is 38.5 Å². The Bertz CT molecular complexity index is 141. The van der Waals surface area contributed by atoms with Crippen LogP contribution in [-0.2, 0) is 9.47 Å². The number of hydrogen-bond donors (Lipinski definition) is 2. The molecule has 1 atom stereocenters. The van der Waals surface area contributed by atoms with Gasteiger partial charge in [-0.05, 0) is 6.42 Å². The van der Waals surface area contributed by atoms with Crippen LogP contribution in [0.25, 0.3) is 0 Å². The number of hydrazine groups is 1. The zero-order valence-corrected chi connectivity index (χ0v) is 11.0. The van der Waals surface area contributed by atoms with Crippen molar-refractivity contribution in [1.29, 1.82) is 0 Å². The molecule has 0 amide bonds. The fourth-order valence-corrected chi connectivity index (χ4v) is 1.87. The summed E-state index contributed by atoms with van der Waals surface area (Å²) >= 11 is 0. The molecule has 0 fully saturated rings. The van der Waals surface area contributed by atoms with Crippen molar-refractivity contribution in [2.45, 2.75) is 64.2 Å². The zero-order valence-electron chi connectivity index (χ0n) is 11.0. The predicted molar refractivity (Wildman–Crippen MR) is 66.9 cm³/mol. The van der Waals surface area contributed by atoms with E-state index in [1.807, 2.05) is 0 Å². The van der Waals surface area contributed by atoms with E-state index in [1.54, 1.807) is 14.2 Å². The van der Waals surface area contributed by atoms with Gasteiger partial charge in [-0.3, -0.25) is 11.3 Å². The SMILES string of the molecule is CCCCCCCCC(NN)C(OC)OC. The average molecular weight is 232 g/mol. The molecule has 0 bridgehead atoms. The first-order chi connectivity index (χ1) is 7.79. The summed E-state index contributed by atoms with van der Waals surface area (Å²) in [5, 5.41) is 0. The second-order valence-corrected chi connectivity index (χ2v) is 4.17. The fraction of sp³-hybridized carbons (Fsp3) is 1.00. The van der Waals surface area contributed by atoms with Crippen molar-refractivity contribution < 1.29 is 9.47 Å². The molecule has 0 spiro atoms. The maximum atomic E-state index is 5.48. The quantitative estimate of drug-likeness (QED) is 0.248. The Labute approximate surface area is 99.8 Å². The van der Waals surface area contributed by atoms with E-state index in [4.69, 9.17) is 15.3 Å². The maximum absolute atomic E-state index is 5.48. The highest BCUT2D eigenvalue weighted by Gasteiger charge is 2.18. The van der Waals surface area contributed by atoms with Gasteiger partial charge in [0.2, 0.25) is 0 Å². The number of nitrogens with two attached hydrogens (primary N) is 1. The lowest BCUT2D eigenvalue weighted by Crippen LogP contribution is -2.45. The van der Waals surface area contributed by atoms with Gasteiger partial charge in [-0.2, -0.15) is 0 Å². The highest BCUT2D eigenvalue weighted by atomic mass is 16.7. The molecule has 0 aromatic carbocycles. The standard InChI is InChI=1S/C12H28N2O2/c1-4-5-6-7-8-9-10-11(14-13)12(15-2)16-3/h11-12,14H,4-10,13H2,1-3H3. The highest BCUT2D eigenvalue weighted by molar-refractivity contribution is 4.67. The molecule has 0 aliphatic carbocycles. The van der Waals surface area contributed by atoms with Crippen LogP contribution in [0.5, 0.6) is 0 Å². The molecule has 0 heterocycles. The molecule has 0 saturated heterocycles. The Balaban J connectivity index is 3.54. The molecule has 3 N–H and O–H groups in total. The fourth-order valence-electron chi connectivity index (χ4n) is 1.87. The lowest BCUT2D eigenvalue weighted by atomic mass is 10.1. The molecule has 0 saturated carbocycles. The first-order valence-corrected chi connectivity index (χ1v) is 6.31. The summed E-state index contributed by atoms with van der Waals surface area (Å²) in [6.07, 6.45) is 8.47. The Morgan fingerprint density at radius 3 is 2.06 bits per heavy atom. The summed E-state index contributed by atoms with van der Waals surface area (Å²) < 4.78 is 10.4. The zero-order chi connectivity index (χ0) is 12.2. The minimum absolute atomic E-state index is 0.0844. The molecule has 1 unspecified atom stereocenters. The van der Waals surface area contributed by atoms with Gasteiger partial charge in [-0.25, -0.2) is 0 Å². The van der Waals surface area contributed by atoms with Gasteiger partial charge >= 0.3 is 0 Å². The van der Waals surface area contributed by atoms with Crippen molar-refractivity contribution >= 4 is 0 Å². The van der Waals surface area contributed by atoms with Crippen LogP contribution in [0.15, 0.2) is 0 Å². The molecule has 98 valence electrons. The van der Waals surface area contributed by atoms with Gasteiger partial charge in [0.25, 0.3) is 0 Å². The van der Waals surface area contributed by atoms with E-state index < -0.39 is 0 Å². The first kappa shape index (κ1) is 15.8. The molecule has 16 heavy (non-hydrogen) atoms. The van der Waals surface area contributed by atoms with Gasteiger partial charge in [0.15, 0.2) is 6.29 Å². The molecule has 0 aromatic rings. The van der Waals surface area contributed by atoms with E-state index in [0.717, 1.165) is 6.42 Å². The van der Waals surface area contributed by atoms with Gasteiger partial charge in [0, 0.05) is 14.2 Å². The largest absolute Gasteiger partial charge is 0.354 e. The summed E-state index contributed by atoms with van der Waals surface area (Å²) in [7, 11) is 3.28. The van der Waals surface area contributed by atoms with Crippen LogP contribution in [0.1, 0.15) is 51.9 Å². The second kappa shape index (κ2) is 11.3. The normalized spacial score (nSPS) is 13.3. The van der Waals surface area contributed by atoms with Crippen molar-refractivity contribution in [3.63, 3.8) is 0 Å². The van der Waals surface area contributed by atoms with Crippen molar-refractivity contribution in [3.8, 4) is 0 Å². The predicted octanol–water partition coefficient (Wildman–Crippen LogP) is 2.19. The van der Waals surface area contributed by atoms with Crippen LogP contribution in [-0.4, -0.2) is 26.6 Å². The van der Waals surface area contributed by atoms with E-state index in [9.17, 15) is 0 Å². The van der Waals surface area contributed by atoms with Gasteiger partial charge in [0.05, 0.1) is 6.04 Å². The Hall–Kier alpha value is -0.160. The van der Waals surface area contributed by atoms with Crippen LogP contribution >= 0.6 is 0 Å². The molecule has 4 nitrogen and oxygen atoms in total. The number of hydrogen-bond acceptors (Lipinski definition) is 4. The smallest absolute Gasteiger partial charge is 0.173 e. The van der Waals surface area contributed by atoms with Gasteiger partial charge < -0.3 is 9.47 Å². The van der Waals surface area contributed by atoms with Crippen molar-refractivity contribution in [2.24, 2.45) is 5.84 Å². The number of methoxy groups -OCH3 is 2. The summed E-state index contributed by atoms with van der Waals surface area (Å²) in [4.78, 5) is 0. The minimum atomic E-state index is -0.249. The van der Waals surface area contributed by atoms with E-state index in [-0.39, 0.29) is 12.3 Å². The van der Waals surface area contributed by atoms with E-state index in [0.29, 0.717) is 0 Å². The molecular weight excluding hydrogens is 204 g/mol. The molecule has 0 aliphatic rings. The Kier molecular flexibility index (Phi) is 11.2. The average Bonchev–Trinajstić information content (AvgIpc) is 2.32. The number of ether oxygens (including phenoxy) is 2. The van der Waals surface area contributed by atoms with Gasteiger partial charge in [-0.15, -0.1) is 0 Å². The van der Waals surface area contributed by atoms with Gasteiger partial charge in [-0.1, -0.05) is 45.4 Å². The molecule has 4 heteroatoms. The molecule has 0 aromatic heterocycles. The van der Waals surface area contributed by atoms with Crippen LogP contribution < -0.4 is 11.3 Å². The number of unbranched alkanes of at least 4 members (excludes halogenated alkanes) is 5. The number of rotatable bonds is 11. The van der Waals surface area contributed by atoms with Crippen LogP contribution in [0, 0.1) is 0 Å². The lowest BCUT2D eigenvalue weighted by molar-refractivity contribution is -0.124.